The molecule has 0 bridgehead atoms. The minimum absolute atomic E-state index is 0.0116. The van der Waals surface area contributed by atoms with Gasteiger partial charge in [0, 0.05) is 0 Å². The summed E-state index contributed by atoms with van der Waals surface area (Å²) < 4.78 is 6.20. The van der Waals surface area contributed by atoms with E-state index in [1.165, 1.54) is 14.2 Å². The Hall–Kier alpha value is 1.38. The molecule has 0 aromatic carbocycles. The Morgan fingerprint density at radius 1 is 0.567 bits per heavy atom. The summed E-state index contributed by atoms with van der Waals surface area (Å²) in [5.41, 5.74) is -0.0548. The quantitative estimate of drug-likeness (QED) is 0.238. The van der Waals surface area contributed by atoms with E-state index in [4.69, 9.17) is 149 Å². The smallest absolute Gasteiger partial charge is 0.234 e. The van der Waals surface area contributed by atoms with Crippen LogP contribution in [0.15, 0.2) is 0 Å². The Labute approximate surface area is 231 Å². The molecule has 0 N–H and O–H groups in total. The molecule has 2 aromatic rings. The number of alkyl halides is 6. The lowest BCUT2D eigenvalue weighted by molar-refractivity contribution is 0.397. The molecule has 2 heterocycles. The summed E-state index contributed by atoms with van der Waals surface area (Å²) in [6.45, 7) is 0. The molecular formula is C14H6Cl12N2O2. The van der Waals surface area contributed by atoms with Crippen LogP contribution in [0.5, 0.6) is 11.6 Å². The van der Waals surface area contributed by atoms with Gasteiger partial charge in [0.05, 0.1) is 24.3 Å². The minimum atomic E-state index is -1.79. The van der Waals surface area contributed by atoms with Crippen LogP contribution in [-0.4, -0.2) is 24.2 Å². The van der Waals surface area contributed by atoms with Gasteiger partial charge in [-0.3, -0.25) is 0 Å². The van der Waals surface area contributed by atoms with Crippen molar-refractivity contribution in [3.05, 3.63) is 41.7 Å². The van der Waals surface area contributed by atoms with Gasteiger partial charge >= 0.3 is 0 Å². The van der Waals surface area contributed by atoms with Gasteiger partial charge in [-0.2, -0.15) is 0 Å². The molecule has 0 saturated heterocycles. The SMILES string of the molecule is COc1c(Cl)c(Cl)nc(C(Cl)(Cl)Cl)c1Cl.COc1nc(C(Cl)(Cl)Cl)c(Cl)c(Cl)c1Cl. The summed E-state index contributed by atoms with van der Waals surface area (Å²) in [5, 5.41) is 0.143. The second-order valence-electron chi connectivity index (χ2n) is 4.82. The second kappa shape index (κ2) is 11.7. The first-order valence-electron chi connectivity index (χ1n) is 6.89. The highest BCUT2D eigenvalue weighted by Gasteiger charge is 2.32. The number of halogens is 12. The van der Waals surface area contributed by atoms with Gasteiger partial charge in [0.15, 0.2) is 10.9 Å². The van der Waals surface area contributed by atoms with Crippen LogP contribution in [0.25, 0.3) is 0 Å². The predicted molar refractivity (Wildman–Crippen MR) is 130 cm³/mol. The van der Waals surface area contributed by atoms with Gasteiger partial charge in [-0.1, -0.05) is 139 Å². The molecule has 0 amide bonds. The fraction of sp³-hybridized carbons (Fsp3) is 0.286. The fourth-order valence-electron chi connectivity index (χ4n) is 1.68. The molecule has 0 aliphatic carbocycles. The standard InChI is InChI=1S/2C7H3Cl6NO/c1-15-4-2(8)5(7(11,12)13)14-6(10)3(4)9;1-15-6-4(10)2(8)3(9)5(14-6)7(11,12)13/h2*1H3. The van der Waals surface area contributed by atoms with Crippen molar-refractivity contribution in [1.29, 1.82) is 0 Å². The van der Waals surface area contributed by atoms with E-state index in [0.29, 0.717) is 0 Å². The van der Waals surface area contributed by atoms with E-state index in [9.17, 15) is 0 Å². The van der Waals surface area contributed by atoms with Gasteiger partial charge in [0.1, 0.15) is 26.5 Å². The summed E-state index contributed by atoms with van der Waals surface area (Å²) in [5.74, 6) is 0.173. The number of nitrogens with zero attached hydrogens (tertiary/aromatic N) is 2. The normalized spacial score (nSPS) is 11.7. The zero-order valence-electron chi connectivity index (χ0n) is 14.2. The van der Waals surface area contributed by atoms with Crippen molar-refractivity contribution in [2.45, 2.75) is 7.59 Å². The lowest BCUT2D eigenvalue weighted by Gasteiger charge is -2.15. The zero-order chi connectivity index (χ0) is 23.6. The molecule has 0 atom stereocenters. The summed E-state index contributed by atoms with van der Waals surface area (Å²) in [4.78, 5) is 7.63. The maximum absolute atomic E-state index is 5.89. The largest absolute Gasteiger partial charge is 0.493 e. The van der Waals surface area contributed by atoms with Crippen molar-refractivity contribution in [2.24, 2.45) is 0 Å². The molecule has 0 unspecified atom stereocenters. The minimum Gasteiger partial charge on any atom is -0.493 e. The van der Waals surface area contributed by atoms with Crippen LogP contribution in [0.4, 0.5) is 0 Å². The van der Waals surface area contributed by atoms with Crippen molar-refractivity contribution in [1.82, 2.24) is 9.97 Å². The highest BCUT2D eigenvalue weighted by molar-refractivity contribution is 6.68. The molecule has 4 nitrogen and oxygen atoms in total. The molecular weight excluding hydrogens is 654 g/mol. The average Bonchev–Trinajstić information content (AvgIpc) is 2.62. The molecule has 30 heavy (non-hydrogen) atoms. The third-order valence-corrected chi connectivity index (χ3v) is 6.36. The molecule has 2 rings (SSSR count). The van der Waals surface area contributed by atoms with Crippen LogP contribution in [0.2, 0.25) is 30.3 Å². The Morgan fingerprint density at radius 2 is 1.03 bits per heavy atom. The van der Waals surface area contributed by atoms with E-state index in [1.807, 2.05) is 0 Å². The van der Waals surface area contributed by atoms with Crippen LogP contribution in [0.3, 0.4) is 0 Å². The summed E-state index contributed by atoms with van der Waals surface area (Å²) >= 11 is 68.7. The molecule has 0 aliphatic heterocycles. The van der Waals surface area contributed by atoms with Crippen molar-refractivity contribution in [2.75, 3.05) is 14.2 Å². The summed E-state index contributed by atoms with van der Waals surface area (Å²) in [6, 6.07) is 0. The highest BCUT2D eigenvalue weighted by atomic mass is 35.6. The Balaban J connectivity index is 0.000000300. The van der Waals surface area contributed by atoms with Gasteiger partial charge < -0.3 is 9.47 Å². The Bertz CT molecular complexity index is 915. The van der Waals surface area contributed by atoms with Gasteiger partial charge in [-0.05, 0) is 0 Å². The van der Waals surface area contributed by atoms with Crippen LogP contribution in [0.1, 0.15) is 11.4 Å². The number of rotatable bonds is 2. The third kappa shape index (κ3) is 7.19. The molecule has 0 spiro atoms. The molecule has 16 heteroatoms. The maximum Gasteiger partial charge on any atom is 0.234 e. The van der Waals surface area contributed by atoms with Crippen molar-refractivity contribution in [3.8, 4) is 11.6 Å². The number of hydrogen-bond acceptors (Lipinski definition) is 4. The van der Waals surface area contributed by atoms with Crippen LogP contribution < -0.4 is 9.47 Å². The van der Waals surface area contributed by atoms with Gasteiger partial charge in [-0.15, -0.1) is 0 Å². The topological polar surface area (TPSA) is 44.2 Å². The molecule has 0 fully saturated rings. The van der Waals surface area contributed by atoms with Crippen molar-refractivity contribution >= 4 is 139 Å². The van der Waals surface area contributed by atoms with E-state index >= 15 is 0 Å². The Kier molecular flexibility index (Phi) is 11.5. The van der Waals surface area contributed by atoms with Gasteiger partial charge in [-0.25, -0.2) is 9.97 Å². The van der Waals surface area contributed by atoms with E-state index in [1.54, 1.807) is 0 Å². The molecule has 2 aromatic heterocycles. The number of pyridine rings is 2. The maximum atomic E-state index is 5.89. The number of hydrogen-bond donors (Lipinski definition) is 0. The number of methoxy groups -OCH3 is 2. The number of ether oxygens (including phenoxy) is 2. The predicted octanol–water partition coefficient (Wildman–Crippen LogP) is 9.75. The molecule has 0 saturated carbocycles. The summed E-state index contributed by atoms with van der Waals surface area (Å²) in [7, 11) is 2.73. The fourth-order valence-corrected chi connectivity index (χ4v) is 4.29. The van der Waals surface area contributed by atoms with Crippen LogP contribution in [0, 0.1) is 0 Å². The van der Waals surface area contributed by atoms with E-state index in [0.717, 1.165) is 0 Å². The van der Waals surface area contributed by atoms with Gasteiger partial charge in [0.2, 0.25) is 13.5 Å². The van der Waals surface area contributed by atoms with Crippen molar-refractivity contribution in [3.63, 3.8) is 0 Å². The van der Waals surface area contributed by atoms with Crippen molar-refractivity contribution < 1.29 is 9.47 Å². The molecule has 0 radical (unpaired) electrons. The number of aromatic nitrogens is 2. The monoisotopic (exact) mass is 654 g/mol. The first kappa shape index (κ1) is 29.4. The average molecular weight is 660 g/mol. The molecule has 168 valence electrons. The first-order valence-corrected chi connectivity index (χ1v) is 11.4. The Morgan fingerprint density at radius 3 is 1.43 bits per heavy atom. The summed E-state index contributed by atoms with van der Waals surface area (Å²) in [6.07, 6.45) is 0. The lowest BCUT2D eigenvalue weighted by Crippen LogP contribution is -2.07. The van der Waals surface area contributed by atoms with E-state index in [2.05, 4.69) is 9.97 Å². The zero-order valence-corrected chi connectivity index (χ0v) is 23.3. The first-order chi connectivity index (χ1) is 13.6. The van der Waals surface area contributed by atoms with E-state index in [-0.39, 0.29) is 53.3 Å². The highest BCUT2D eigenvalue weighted by Crippen LogP contribution is 2.48. The van der Waals surface area contributed by atoms with Crippen LogP contribution in [-0.2, 0) is 7.59 Å². The second-order valence-corrected chi connectivity index (χ2v) is 11.6. The molecule has 0 aliphatic rings. The van der Waals surface area contributed by atoms with E-state index < -0.39 is 7.59 Å². The van der Waals surface area contributed by atoms with Gasteiger partial charge in [0.25, 0.3) is 0 Å². The lowest BCUT2D eigenvalue weighted by atomic mass is 10.3. The van der Waals surface area contributed by atoms with Crippen LogP contribution >= 0.6 is 139 Å². The third-order valence-electron chi connectivity index (χ3n) is 2.93.